The van der Waals surface area contributed by atoms with E-state index in [4.69, 9.17) is 5.11 Å². The van der Waals surface area contributed by atoms with Gasteiger partial charge in [-0.1, -0.05) is 6.92 Å². The molecule has 2 aromatic heterocycles. The number of fused-ring (bicyclic) bond motifs is 1. The van der Waals surface area contributed by atoms with Crippen molar-refractivity contribution in [2.45, 2.75) is 33.6 Å². The molecular formula is C12H14N2O2S. The third kappa shape index (κ3) is 2.15. The van der Waals surface area contributed by atoms with Gasteiger partial charge in [0.15, 0.2) is 0 Å². The first kappa shape index (κ1) is 12.0. The van der Waals surface area contributed by atoms with Crippen molar-refractivity contribution in [1.29, 1.82) is 0 Å². The zero-order chi connectivity index (χ0) is 12.6. The van der Waals surface area contributed by atoms with E-state index < -0.39 is 5.97 Å². The SMILES string of the molecule is CCc1sc2nc(C)nc(CC(=O)O)c2c1C. The number of aromatic nitrogens is 2. The fraction of sp³-hybridized carbons (Fsp3) is 0.417. The summed E-state index contributed by atoms with van der Waals surface area (Å²) in [5.41, 5.74) is 1.76. The normalized spacial score (nSPS) is 11.0. The van der Waals surface area contributed by atoms with Crippen molar-refractivity contribution in [2.75, 3.05) is 0 Å². The Morgan fingerprint density at radius 3 is 2.65 bits per heavy atom. The Morgan fingerprint density at radius 2 is 2.06 bits per heavy atom. The summed E-state index contributed by atoms with van der Waals surface area (Å²) in [5.74, 6) is -0.217. The predicted octanol–water partition coefficient (Wildman–Crippen LogP) is 2.50. The molecule has 0 saturated carbocycles. The standard InChI is InChI=1S/C12H14N2O2S/c1-4-9-6(2)11-8(5-10(15)16)13-7(3)14-12(11)17-9/h4-5H2,1-3H3,(H,15,16). The number of thiophene rings is 1. The first-order valence-electron chi connectivity index (χ1n) is 5.50. The van der Waals surface area contributed by atoms with Crippen LogP contribution in [0.4, 0.5) is 0 Å². The molecular weight excluding hydrogens is 236 g/mol. The summed E-state index contributed by atoms with van der Waals surface area (Å²) in [6.45, 7) is 5.90. The molecule has 0 aliphatic heterocycles. The van der Waals surface area contributed by atoms with Gasteiger partial charge in [0.05, 0.1) is 12.1 Å². The summed E-state index contributed by atoms with van der Waals surface area (Å²) >= 11 is 1.64. The summed E-state index contributed by atoms with van der Waals surface area (Å²) in [6, 6.07) is 0. The van der Waals surface area contributed by atoms with E-state index in [0.717, 1.165) is 22.2 Å². The largest absolute Gasteiger partial charge is 0.481 e. The van der Waals surface area contributed by atoms with Crippen LogP contribution in [-0.4, -0.2) is 21.0 Å². The fourth-order valence-corrected chi connectivity index (χ4v) is 3.18. The van der Waals surface area contributed by atoms with Gasteiger partial charge in [-0.2, -0.15) is 0 Å². The number of carboxylic acid groups (broad SMARTS) is 1. The van der Waals surface area contributed by atoms with Gasteiger partial charge in [-0.15, -0.1) is 11.3 Å². The zero-order valence-electron chi connectivity index (χ0n) is 10.1. The second kappa shape index (κ2) is 4.41. The molecule has 0 saturated heterocycles. The highest BCUT2D eigenvalue weighted by atomic mass is 32.1. The van der Waals surface area contributed by atoms with E-state index in [1.165, 1.54) is 4.88 Å². The van der Waals surface area contributed by atoms with Crippen molar-refractivity contribution in [3.8, 4) is 0 Å². The average Bonchev–Trinajstić information content (AvgIpc) is 2.54. The zero-order valence-corrected chi connectivity index (χ0v) is 10.9. The minimum absolute atomic E-state index is 0.0411. The number of nitrogens with zero attached hydrogens (tertiary/aromatic N) is 2. The van der Waals surface area contributed by atoms with Gasteiger partial charge in [-0.05, 0) is 25.8 Å². The van der Waals surface area contributed by atoms with Gasteiger partial charge in [-0.3, -0.25) is 4.79 Å². The molecule has 2 rings (SSSR count). The van der Waals surface area contributed by atoms with E-state index in [0.29, 0.717) is 11.5 Å². The van der Waals surface area contributed by atoms with Crippen LogP contribution < -0.4 is 0 Å². The quantitative estimate of drug-likeness (QED) is 0.909. The Kier molecular flexibility index (Phi) is 3.11. The third-order valence-corrected chi connectivity index (χ3v) is 4.05. The van der Waals surface area contributed by atoms with E-state index in [9.17, 15) is 4.79 Å². The number of hydrogen-bond acceptors (Lipinski definition) is 4. The van der Waals surface area contributed by atoms with Gasteiger partial charge in [0, 0.05) is 10.3 Å². The highest BCUT2D eigenvalue weighted by Crippen LogP contribution is 2.31. The lowest BCUT2D eigenvalue weighted by molar-refractivity contribution is -0.136. The van der Waals surface area contributed by atoms with Crippen LogP contribution in [0.15, 0.2) is 0 Å². The molecule has 2 heterocycles. The van der Waals surface area contributed by atoms with Gasteiger partial charge < -0.3 is 5.11 Å². The van der Waals surface area contributed by atoms with Gasteiger partial charge in [-0.25, -0.2) is 9.97 Å². The van der Waals surface area contributed by atoms with Crippen molar-refractivity contribution in [2.24, 2.45) is 0 Å². The molecule has 1 N–H and O–H groups in total. The molecule has 5 heteroatoms. The number of aryl methyl sites for hydroxylation is 3. The molecule has 0 aromatic carbocycles. The number of carbonyl (C=O) groups is 1. The molecule has 0 spiro atoms. The Labute approximate surface area is 103 Å². The van der Waals surface area contributed by atoms with E-state index in [-0.39, 0.29) is 6.42 Å². The lowest BCUT2D eigenvalue weighted by atomic mass is 10.1. The number of carboxylic acids is 1. The Hall–Kier alpha value is -1.49. The van der Waals surface area contributed by atoms with Crippen LogP contribution in [-0.2, 0) is 17.6 Å². The van der Waals surface area contributed by atoms with Gasteiger partial charge in [0.2, 0.25) is 0 Å². The molecule has 0 bridgehead atoms. The Balaban J connectivity index is 2.72. The summed E-state index contributed by atoms with van der Waals surface area (Å²) < 4.78 is 0. The first-order chi connectivity index (χ1) is 8.02. The molecule has 0 atom stereocenters. The van der Waals surface area contributed by atoms with E-state index in [1.807, 2.05) is 6.92 Å². The van der Waals surface area contributed by atoms with Crippen molar-refractivity contribution in [3.05, 3.63) is 22.0 Å². The Bertz CT molecular complexity index is 590. The summed E-state index contributed by atoms with van der Waals surface area (Å²) in [5, 5.41) is 9.85. The Morgan fingerprint density at radius 1 is 1.35 bits per heavy atom. The summed E-state index contributed by atoms with van der Waals surface area (Å²) in [7, 11) is 0. The maximum atomic E-state index is 10.9. The van der Waals surface area contributed by atoms with Crippen LogP contribution in [0.2, 0.25) is 0 Å². The summed E-state index contributed by atoms with van der Waals surface area (Å²) in [4.78, 5) is 21.7. The molecule has 0 radical (unpaired) electrons. The topological polar surface area (TPSA) is 63.1 Å². The van der Waals surface area contributed by atoms with Crippen molar-refractivity contribution in [1.82, 2.24) is 9.97 Å². The van der Waals surface area contributed by atoms with E-state index in [1.54, 1.807) is 18.3 Å². The average molecular weight is 250 g/mol. The van der Waals surface area contributed by atoms with Gasteiger partial charge in [0.1, 0.15) is 10.7 Å². The maximum absolute atomic E-state index is 10.9. The van der Waals surface area contributed by atoms with Crippen LogP contribution in [0.1, 0.15) is 28.9 Å². The predicted molar refractivity (Wildman–Crippen MR) is 67.6 cm³/mol. The molecule has 90 valence electrons. The number of hydrogen-bond donors (Lipinski definition) is 1. The number of aliphatic carboxylic acids is 1. The van der Waals surface area contributed by atoms with Crippen molar-refractivity contribution < 1.29 is 9.90 Å². The van der Waals surface area contributed by atoms with E-state index >= 15 is 0 Å². The highest BCUT2D eigenvalue weighted by Gasteiger charge is 2.16. The minimum Gasteiger partial charge on any atom is -0.481 e. The fourth-order valence-electron chi connectivity index (χ4n) is 1.99. The van der Waals surface area contributed by atoms with E-state index in [2.05, 4.69) is 16.9 Å². The molecule has 17 heavy (non-hydrogen) atoms. The minimum atomic E-state index is -0.854. The third-order valence-electron chi connectivity index (χ3n) is 2.72. The van der Waals surface area contributed by atoms with Crippen LogP contribution in [0.3, 0.4) is 0 Å². The molecule has 4 nitrogen and oxygen atoms in total. The monoisotopic (exact) mass is 250 g/mol. The smallest absolute Gasteiger partial charge is 0.309 e. The maximum Gasteiger partial charge on any atom is 0.309 e. The molecule has 0 amide bonds. The highest BCUT2D eigenvalue weighted by molar-refractivity contribution is 7.18. The van der Waals surface area contributed by atoms with Crippen molar-refractivity contribution >= 4 is 27.5 Å². The van der Waals surface area contributed by atoms with Crippen LogP contribution in [0.5, 0.6) is 0 Å². The lowest BCUT2D eigenvalue weighted by Gasteiger charge is -2.02. The van der Waals surface area contributed by atoms with Gasteiger partial charge in [0.25, 0.3) is 0 Å². The molecule has 0 aliphatic rings. The first-order valence-corrected chi connectivity index (χ1v) is 6.31. The molecule has 0 fully saturated rings. The lowest BCUT2D eigenvalue weighted by Crippen LogP contribution is -2.05. The van der Waals surface area contributed by atoms with Crippen molar-refractivity contribution in [3.63, 3.8) is 0 Å². The second-order valence-corrected chi connectivity index (χ2v) is 5.06. The second-order valence-electron chi connectivity index (χ2n) is 3.97. The number of rotatable bonds is 3. The summed E-state index contributed by atoms with van der Waals surface area (Å²) in [6.07, 6.45) is 0.902. The van der Waals surface area contributed by atoms with Gasteiger partial charge >= 0.3 is 5.97 Å². The molecule has 0 aliphatic carbocycles. The van der Waals surface area contributed by atoms with Crippen LogP contribution in [0, 0.1) is 13.8 Å². The molecule has 0 unspecified atom stereocenters. The van der Waals surface area contributed by atoms with Crippen LogP contribution >= 0.6 is 11.3 Å². The molecule has 2 aromatic rings. The van der Waals surface area contributed by atoms with Crippen LogP contribution in [0.25, 0.3) is 10.2 Å².